The molecule has 0 saturated heterocycles. The van der Waals surface area contributed by atoms with Crippen LogP contribution in [0.3, 0.4) is 0 Å². The van der Waals surface area contributed by atoms with Crippen molar-refractivity contribution < 1.29 is 9.59 Å². The van der Waals surface area contributed by atoms with Gasteiger partial charge in [-0.2, -0.15) is 0 Å². The first kappa shape index (κ1) is 15.2. The number of anilines is 1. The Balaban J connectivity index is 1.98. The molecule has 1 amide bonds. The van der Waals surface area contributed by atoms with E-state index in [0.29, 0.717) is 18.5 Å². The van der Waals surface area contributed by atoms with Gasteiger partial charge in [0.25, 0.3) is 0 Å². The summed E-state index contributed by atoms with van der Waals surface area (Å²) >= 11 is 0. The molecule has 0 aliphatic heterocycles. The van der Waals surface area contributed by atoms with Crippen LogP contribution >= 0.6 is 0 Å². The van der Waals surface area contributed by atoms with Gasteiger partial charge in [0.2, 0.25) is 5.91 Å². The molecule has 1 atom stereocenters. The third kappa shape index (κ3) is 2.48. The van der Waals surface area contributed by atoms with Crippen molar-refractivity contribution in [3.8, 4) is 0 Å². The van der Waals surface area contributed by atoms with Crippen molar-refractivity contribution in [2.24, 2.45) is 5.41 Å². The number of benzene rings is 2. The molecule has 2 aromatic rings. The highest BCUT2D eigenvalue weighted by Gasteiger charge is 2.49. The fraction of sp³-hybridized carbons (Fsp3) is 0.200. The van der Waals surface area contributed by atoms with Crippen molar-refractivity contribution in [3.63, 3.8) is 0 Å². The molecule has 0 aromatic heterocycles. The zero-order valence-electron chi connectivity index (χ0n) is 13.2. The third-order valence-electron chi connectivity index (χ3n) is 4.40. The van der Waals surface area contributed by atoms with E-state index in [9.17, 15) is 9.59 Å². The molecule has 116 valence electrons. The predicted octanol–water partition coefficient (Wildman–Crippen LogP) is 3.65. The topological polar surface area (TPSA) is 37.4 Å². The van der Waals surface area contributed by atoms with Gasteiger partial charge in [-0.25, -0.2) is 0 Å². The molecule has 3 nitrogen and oxygen atoms in total. The molecule has 3 rings (SSSR count). The Bertz CT molecular complexity index is 766. The van der Waals surface area contributed by atoms with Gasteiger partial charge >= 0.3 is 0 Å². The highest BCUT2D eigenvalue weighted by Crippen LogP contribution is 2.39. The number of nitrogens with zero attached hydrogens (tertiary/aromatic N) is 1. The molecule has 0 bridgehead atoms. The minimum atomic E-state index is -1.05. The third-order valence-corrected chi connectivity index (χ3v) is 4.40. The number of Topliss-reactive ketones (excluding diaryl/α,β-unsaturated/α-hetero) is 1. The summed E-state index contributed by atoms with van der Waals surface area (Å²) in [6.45, 7) is 5.86. The van der Waals surface area contributed by atoms with E-state index < -0.39 is 5.41 Å². The standard InChI is InChI=1S/C20H19NO2/c1-3-13-21(16-10-5-4-6-11-16)19(23)20(2)14-15-9-7-8-12-17(15)18(20)22/h3-12H,1,13-14H2,2H3. The molecule has 0 heterocycles. The molecule has 1 aliphatic rings. The molecule has 1 aliphatic carbocycles. The highest BCUT2D eigenvalue weighted by molar-refractivity contribution is 6.20. The van der Waals surface area contributed by atoms with Gasteiger partial charge in [-0.15, -0.1) is 6.58 Å². The molecular formula is C20H19NO2. The normalized spacial score (nSPS) is 19.3. The average Bonchev–Trinajstić information content (AvgIpc) is 2.85. The smallest absolute Gasteiger partial charge is 0.241 e. The summed E-state index contributed by atoms with van der Waals surface area (Å²) in [6.07, 6.45) is 2.13. The van der Waals surface area contributed by atoms with Crippen molar-refractivity contribution in [1.29, 1.82) is 0 Å². The van der Waals surface area contributed by atoms with Gasteiger partial charge in [-0.05, 0) is 31.0 Å². The number of para-hydroxylation sites is 1. The number of carbonyl (C=O) groups excluding carboxylic acids is 2. The second-order valence-corrected chi connectivity index (χ2v) is 6.04. The van der Waals surface area contributed by atoms with E-state index in [0.717, 1.165) is 11.3 Å². The van der Waals surface area contributed by atoms with Gasteiger partial charge in [0.05, 0.1) is 0 Å². The lowest BCUT2D eigenvalue weighted by molar-refractivity contribution is -0.124. The second-order valence-electron chi connectivity index (χ2n) is 6.04. The first-order valence-corrected chi connectivity index (χ1v) is 7.68. The summed E-state index contributed by atoms with van der Waals surface area (Å²) in [4.78, 5) is 27.7. The fourth-order valence-corrected chi connectivity index (χ4v) is 3.17. The summed E-state index contributed by atoms with van der Waals surface area (Å²) in [5.41, 5.74) is 1.33. The first-order valence-electron chi connectivity index (χ1n) is 7.68. The van der Waals surface area contributed by atoms with Crippen LogP contribution in [0.15, 0.2) is 67.3 Å². The van der Waals surface area contributed by atoms with Gasteiger partial charge in [0.15, 0.2) is 5.78 Å². The fourth-order valence-electron chi connectivity index (χ4n) is 3.17. The average molecular weight is 305 g/mol. The lowest BCUT2D eigenvalue weighted by Crippen LogP contribution is -2.46. The summed E-state index contributed by atoms with van der Waals surface area (Å²) in [5.74, 6) is -0.270. The van der Waals surface area contributed by atoms with Gasteiger partial charge in [-0.1, -0.05) is 48.5 Å². The van der Waals surface area contributed by atoms with Crippen LogP contribution in [0.4, 0.5) is 5.69 Å². The number of hydrogen-bond donors (Lipinski definition) is 0. The zero-order valence-corrected chi connectivity index (χ0v) is 13.2. The lowest BCUT2D eigenvalue weighted by atomic mass is 9.84. The van der Waals surface area contributed by atoms with Gasteiger partial charge in [-0.3, -0.25) is 9.59 Å². The summed E-state index contributed by atoms with van der Waals surface area (Å²) in [6, 6.07) is 16.9. The van der Waals surface area contributed by atoms with Crippen LogP contribution in [0.5, 0.6) is 0 Å². The van der Waals surface area contributed by atoms with E-state index in [1.165, 1.54) is 0 Å². The molecule has 0 spiro atoms. The molecule has 2 aromatic carbocycles. The monoisotopic (exact) mass is 305 g/mol. The molecule has 0 fully saturated rings. The van der Waals surface area contributed by atoms with Gasteiger partial charge < -0.3 is 4.90 Å². The van der Waals surface area contributed by atoms with Crippen molar-refractivity contribution >= 4 is 17.4 Å². The number of amides is 1. The molecule has 0 saturated carbocycles. The molecular weight excluding hydrogens is 286 g/mol. The Morgan fingerprint density at radius 1 is 1.17 bits per heavy atom. The Morgan fingerprint density at radius 3 is 2.48 bits per heavy atom. The number of ketones is 1. The van der Waals surface area contributed by atoms with E-state index in [1.54, 1.807) is 24.0 Å². The lowest BCUT2D eigenvalue weighted by Gasteiger charge is -2.30. The minimum absolute atomic E-state index is 0.0944. The van der Waals surface area contributed by atoms with E-state index >= 15 is 0 Å². The second kappa shape index (κ2) is 5.84. The molecule has 23 heavy (non-hydrogen) atoms. The summed E-state index contributed by atoms with van der Waals surface area (Å²) in [7, 11) is 0. The highest BCUT2D eigenvalue weighted by atomic mass is 16.2. The predicted molar refractivity (Wildman–Crippen MR) is 91.6 cm³/mol. The largest absolute Gasteiger partial charge is 0.308 e. The van der Waals surface area contributed by atoms with Crippen LogP contribution < -0.4 is 4.90 Å². The van der Waals surface area contributed by atoms with E-state index in [4.69, 9.17) is 0 Å². The van der Waals surface area contributed by atoms with Crippen molar-refractivity contribution in [2.45, 2.75) is 13.3 Å². The van der Waals surface area contributed by atoms with Crippen LogP contribution in [-0.4, -0.2) is 18.2 Å². The zero-order chi connectivity index (χ0) is 16.4. The number of fused-ring (bicyclic) bond motifs is 1. The van der Waals surface area contributed by atoms with E-state index in [1.807, 2.05) is 48.5 Å². The van der Waals surface area contributed by atoms with Crippen LogP contribution in [0, 0.1) is 5.41 Å². The number of hydrogen-bond acceptors (Lipinski definition) is 2. The van der Waals surface area contributed by atoms with Crippen molar-refractivity contribution in [2.75, 3.05) is 11.4 Å². The maximum absolute atomic E-state index is 13.2. The van der Waals surface area contributed by atoms with Gasteiger partial charge in [0.1, 0.15) is 5.41 Å². The molecule has 0 radical (unpaired) electrons. The number of rotatable bonds is 4. The van der Waals surface area contributed by atoms with E-state index in [-0.39, 0.29) is 11.7 Å². The van der Waals surface area contributed by atoms with Crippen LogP contribution in [-0.2, 0) is 11.2 Å². The Labute approximate surface area is 136 Å². The molecule has 1 unspecified atom stereocenters. The van der Waals surface area contributed by atoms with Crippen LogP contribution in [0.2, 0.25) is 0 Å². The van der Waals surface area contributed by atoms with E-state index in [2.05, 4.69) is 6.58 Å². The van der Waals surface area contributed by atoms with Crippen molar-refractivity contribution in [3.05, 3.63) is 78.4 Å². The minimum Gasteiger partial charge on any atom is -0.308 e. The Morgan fingerprint density at radius 2 is 1.83 bits per heavy atom. The quantitative estimate of drug-likeness (QED) is 0.638. The maximum atomic E-state index is 13.2. The Kier molecular flexibility index (Phi) is 3.87. The van der Waals surface area contributed by atoms with Crippen LogP contribution in [0.1, 0.15) is 22.8 Å². The summed E-state index contributed by atoms with van der Waals surface area (Å²) < 4.78 is 0. The Hall–Kier alpha value is -2.68. The summed E-state index contributed by atoms with van der Waals surface area (Å²) in [5, 5.41) is 0. The molecule has 0 N–H and O–H groups in total. The number of carbonyl (C=O) groups is 2. The molecule has 3 heteroatoms. The van der Waals surface area contributed by atoms with Gasteiger partial charge in [0, 0.05) is 17.8 Å². The SMILES string of the molecule is C=CCN(C(=O)C1(C)Cc2ccccc2C1=O)c1ccccc1. The maximum Gasteiger partial charge on any atom is 0.241 e. The first-order chi connectivity index (χ1) is 11.1. The van der Waals surface area contributed by atoms with Crippen LogP contribution in [0.25, 0.3) is 0 Å². The van der Waals surface area contributed by atoms with Crippen molar-refractivity contribution in [1.82, 2.24) is 0 Å².